The van der Waals surface area contributed by atoms with Crippen LogP contribution in [0.15, 0.2) is 11.8 Å². The molecule has 0 aromatic heterocycles. The Labute approximate surface area is 130 Å². The predicted molar refractivity (Wildman–Crippen MR) is 71.7 cm³/mol. The first kappa shape index (κ1) is 14.1. The molecular weight excluding hydrogens is 304 g/mol. The van der Waals surface area contributed by atoms with Gasteiger partial charge in [0, 0.05) is 18.3 Å². The summed E-state index contributed by atoms with van der Waals surface area (Å²) >= 11 is 0. The van der Waals surface area contributed by atoms with E-state index in [1.54, 1.807) is 13.0 Å². The lowest BCUT2D eigenvalue weighted by molar-refractivity contribution is -0.154. The van der Waals surface area contributed by atoms with Crippen LogP contribution < -0.4 is 10.6 Å². The van der Waals surface area contributed by atoms with Gasteiger partial charge in [0.25, 0.3) is 0 Å². The third kappa shape index (κ3) is 1.53. The number of rotatable bonds is 1. The summed E-state index contributed by atoms with van der Waals surface area (Å²) in [6.45, 7) is 2.89. The van der Waals surface area contributed by atoms with Gasteiger partial charge in [0.2, 0.25) is 23.6 Å². The fourth-order valence-corrected chi connectivity index (χ4v) is 4.89. The van der Waals surface area contributed by atoms with E-state index < -0.39 is 64.6 Å². The smallest absolute Gasteiger partial charge is 0.307 e. The molecule has 3 fully saturated rings. The SMILES string of the molecule is CC(=O)OC1=CC2(C)[C@H]3C(=O)NC(=O)[C@H]3C1[C@@H]1C(=O)NC(=O)[C@@H]12. The Bertz CT molecular complexity index is 696. The highest BCUT2D eigenvalue weighted by atomic mass is 16.5. The highest BCUT2D eigenvalue weighted by molar-refractivity contribution is 6.11. The van der Waals surface area contributed by atoms with Crippen LogP contribution in [-0.4, -0.2) is 29.6 Å². The summed E-state index contributed by atoms with van der Waals surface area (Å²) in [7, 11) is 0. The van der Waals surface area contributed by atoms with E-state index in [2.05, 4.69) is 10.6 Å². The number of carbonyl (C=O) groups excluding carboxylic acids is 5. The van der Waals surface area contributed by atoms with Gasteiger partial charge in [-0.1, -0.05) is 6.92 Å². The van der Waals surface area contributed by atoms with E-state index in [0.29, 0.717) is 0 Å². The van der Waals surface area contributed by atoms with Crippen molar-refractivity contribution in [2.45, 2.75) is 13.8 Å². The number of amides is 4. The summed E-state index contributed by atoms with van der Waals surface area (Å²) in [5.41, 5.74) is -1.05. The van der Waals surface area contributed by atoms with Crippen LogP contribution in [-0.2, 0) is 28.7 Å². The van der Waals surface area contributed by atoms with Crippen LogP contribution in [0, 0.1) is 35.0 Å². The molecule has 5 aliphatic rings. The van der Waals surface area contributed by atoms with Gasteiger partial charge in [-0.05, 0) is 6.08 Å². The molecule has 2 saturated heterocycles. The van der Waals surface area contributed by atoms with E-state index in [1.165, 1.54) is 6.92 Å². The molecule has 8 heteroatoms. The third-order valence-electron chi connectivity index (χ3n) is 5.54. The van der Waals surface area contributed by atoms with Gasteiger partial charge in [-0.25, -0.2) is 0 Å². The van der Waals surface area contributed by atoms with Gasteiger partial charge in [-0.2, -0.15) is 0 Å². The summed E-state index contributed by atoms with van der Waals surface area (Å²) in [5.74, 6) is -6.10. The van der Waals surface area contributed by atoms with Crippen LogP contribution >= 0.6 is 0 Å². The lowest BCUT2D eigenvalue weighted by Crippen LogP contribution is -2.58. The molecule has 2 aliphatic heterocycles. The number of hydrogen-bond acceptors (Lipinski definition) is 6. The van der Waals surface area contributed by atoms with E-state index in [-0.39, 0.29) is 5.76 Å². The van der Waals surface area contributed by atoms with Gasteiger partial charge in [-0.15, -0.1) is 0 Å². The normalized spacial score (nSPS) is 43.6. The molecule has 2 bridgehead atoms. The van der Waals surface area contributed by atoms with Crippen molar-refractivity contribution in [3.8, 4) is 0 Å². The summed E-state index contributed by atoms with van der Waals surface area (Å²) in [6.07, 6.45) is 1.58. The van der Waals surface area contributed by atoms with Crippen molar-refractivity contribution in [2.75, 3.05) is 0 Å². The number of ether oxygens (including phenoxy) is 1. The Morgan fingerprint density at radius 3 is 1.87 bits per heavy atom. The number of allylic oxidation sites excluding steroid dienone is 2. The molecule has 5 rings (SSSR count). The fourth-order valence-electron chi connectivity index (χ4n) is 4.89. The Morgan fingerprint density at radius 2 is 1.43 bits per heavy atom. The predicted octanol–water partition coefficient (Wildman–Crippen LogP) is -1.14. The Hall–Kier alpha value is -2.51. The summed E-state index contributed by atoms with van der Waals surface area (Å²) in [6, 6.07) is 0. The van der Waals surface area contributed by atoms with Gasteiger partial charge in [0.15, 0.2) is 0 Å². The van der Waals surface area contributed by atoms with Crippen molar-refractivity contribution in [1.82, 2.24) is 10.6 Å². The molecule has 1 saturated carbocycles. The molecular formula is C15H14N2O6. The molecule has 23 heavy (non-hydrogen) atoms. The lowest BCUT2D eigenvalue weighted by atomic mass is 9.47. The van der Waals surface area contributed by atoms with Crippen LogP contribution in [0.5, 0.6) is 0 Å². The minimum atomic E-state index is -1.05. The van der Waals surface area contributed by atoms with E-state index >= 15 is 0 Å². The zero-order valence-corrected chi connectivity index (χ0v) is 12.4. The average Bonchev–Trinajstić information content (AvgIpc) is 2.89. The molecule has 0 aromatic rings. The topological polar surface area (TPSA) is 119 Å². The molecule has 0 spiro atoms. The number of nitrogens with one attached hydrogen (secondary N) is 2. The minimum Gasteiger partial charge on any atom is -0.431 e. The van der Waals surface area contributed by atoms with E-state index in [1.807, 2.05) is 0 Å². The molecule has 120 valence electrons. The van der Waals surface area contributed by atoms with Gasteiger partial charge in [-0.3, -0.25) is 34.6 Å². The molecule has 4 amide bonds. The number of carbonyl (C=O) groups is 5. The van der Waals surface area contributed by atoms with Crippen LogP contribution in [0.25, 0.3) is 0 Å². The Kier molecular flexibility index (Phi) is 2.49. The van der Waals surface area contributed by atoms with Gasteiger partial charge in [0.05, 0.1) is 23.7 Å². The van der Waals surface area contributed by atoms with Crippen molar-refractivity contribution in [2.24, 2.45) is 35.0 Å². The summed E-state index contributed by atoms with van der Waals surface area (Å²) in [4.78, 5) is 60.3. The maximum atomic E-state index is 12.2. The third-order valence-corrected chi connectivity index (χ3v) is 5.54. The molecule has 8 nitrogen and oxygen atoms in total. The van der Waals surface area contributed by atoms with Gasteiger partial charge in [0.1, 0.15) is 5.76 Å². The fraction of sp³-hybridized carbons (Fsp3) is 0.533. The second kappa shape index (κ2) is 4.06. The van der Waals surface area contributed by atoms with Crippen LogP contribution in [0.4, 0.5) is 0 Å². The van der Waals surface area contributed by atoms with E-state index in [4.69, 9.17) is 4.74 Å². The largest absolute Gasteiger partial charge is 0.431 e. The van der Waals surface area contributed by atoms with Crippen molar-refractivity contribution in [3.05, 3.63) is 11.8 Å². The van der Waals surface area contributed by atoms with Gasteiger partial charge >= 0.3 is 5.97 Å². The second-order valence-corrected chi connectivity index (χ2v) is 6.75. The first-order chi connectivity index (χ1) is 10.8. The van der Waals surface area contributed by atoms with Crippen LogP contribution in [0.1, 0.15) is 13.8 Å². The van der Waals surface area contributed by atoms with Crippen molar-refractivity contribution in [3.63, 3.8) is 0 Å². The van der Waals surface area contributed by atoms with E-state index in [0.717, 1.165) is 0 Å². The van der Waals surface area contributed by atoms with Crippen molar-refractivity contribution in [1.29, 1.82) is 0 Å². The van der Waals surface area contributed by atoms with Crippen molar-refractivity contribution >= 4 is 29.6 Å². The molecule has 3 aliphatic carbocycles. The van der Waals surface area contributed by atoms with Crippen LogP contribution in [0.2, 0.25) is 0 Å². The number of imide groups is 2. The molecule has 0 aromatic carbocycles. The highest BCUT2D eigenvalue weighted by Crippen LogP contribution is 2.63. The standard InChI is InChI=1S/C15H14N2O6/c1-4(18)23-5-3-15(2)9-7(11(19)16-13(9)21)6(5)8-10(15)14(22)17-12(8)20/h3,6-10H,1-2H3,(H,16,19,21)(H,17,20,22)/t6?,7-,8-,9+,10+,15?/m0/s1. The first-order valence-corrected chi connectivity index (χ1v) is 7.36. The Morgan fingerprint density at radius 1 is 0.957 bits per heavy atom. The molecule has 0 unspecified atom stereocenters. The summed E-state index contributed by atoms with van der Waals surface area (Å²) < 4.78 is 5.21. The highest BCUT2D eigenvalue weighted by Gasteiger charge is 2.72. The molecule has 2 heterocycles. The monoisotopic (exact) mass is 318 g/mol. The summed E-state index contributed by atoms with van der Waals surface area (Å²) in [5, 5.41) is 4.57. The maximum absolute atomic E-state index is 12.2. The zero-order chi connectivity index (χ0) is 16.7. The number of esters is 1. The molecule has 2 N–H and O–H groups in total. The minimum absolute atomic E-state index is 0.206. The average molecular weight is 318 g/mol. The van der Waals surface area contributed by atoms with Crippen molar-refractivity contribution < 1.29 is 28.7 Å². The van der Waals surface area contributed by atoms with Crippen LogP contribution in [0.3, 0.4) is 0 Å². The molecule has 0 radical (unpaired) electrons. The molecule has 4 atom stereocenters. The first-order valence-electron chi connectivity index (χ1n) is 7.36. The Balaban J connectivity index is 1.94. The number of hydrogen-bond donors (Lipinski definition) is 2. The maximum Gasteiger partial charge on any atom is 0.307 e. The van der Waals surface area contributed by atoms with E-state index in [9.17, 15) is 24.0 Å². The quantitative estimate of drug-likeness (QED) is 0.466. The zero-order valence-electron chi connectivity index (χ0n) is 12.4. The lowest BCUT2D eigenvalue weighted by Gasteiger charge is -2.52. The second-order valence-electron chi connectivity index (χ2n) is 6.75. The van der Waals surface area contributed by atoms with Gasteiger partial charge < -0.3 is 4.74 Å².